The van der Waals surface area contributed by atoms with Gasteiger partial charge in [0.1, 0.15) is 6.10 Å². The SMILES string of the molecule is CC(=O)N[C@]1(C)[C@H](COC(C)=O)C[C@H](C(C)OC(C)=O)[C@@H]1c1ccccc1. The maximum atomic E-state index is 12.0. The lowest BCUT2D eigenvalue weighted by atomic mass is 9.75. The van der Waals surface area contributed by atoms with Gasteiger partial charge >= 0.3 is 11.9 Å². The quantitative estimate of drug-likeness (QED) is 0.773. The fourth-order valence-corrected chi connectivity index (χ4v) is 4.49. The first-order chi connectivity index (χ1) is 12.6. The smallest absolute Gasteiger partial charge is 0.302 e. The second kappa shape index (κ2) is 8.55. The molecule has 1 fully saturated rings. The van der Waals surface area contributed by atoms with Crippen molar-refractivity contribution in [1.29, 1.82) is 0 Å². The molecule has 0 heterocycles. The summed E-state index contributed by atoms with van der Waals surface area (Å²) < 4.78 is 10.8. The van der Waals surface area contributed by atoms with Gasteiger partial charge in [-0.05, 0) is 25.8 Å². The Kier molecular flexibility index (Phi) is 6.63. The largest absolute Gasteiger partial charge is 0.465 e. The zero-order valence-electron chi connectivity index (χ0n) is 16.7. The zero-order chi connectivity index (χ0) is 20.2. The minimum atomic E-state index is -0.637. The van der Waals surface area contributed by atoms with Crippen molar-refractivity contribution in [1.82, 2.24) is 5.32 Å². The van der Waals surface area contributed by atoms with E-state index in [0.717, 1.165) is 5.56 Å². The number of nitrogens with one attached hydrogen (secondary N) is 1. The zero-order valence-corrected chi connectivity index (χ0v) is 16.7. The predicted molar refractivity (Wildman–Crippen MR) is 101 cm³/mol. The number of benzene rings is 1. The van der Waals surface area contributed by atoms with E-state index < -0.39 is 5.54 Å². The van der Waals surface area contributed by atoms with Gasteiger partial charge in [0.25, 0.3) is 0 Å². The van der Waals surface area contributed by atoms with Crippen LogP contribution in [0.4, 0.5) is 0 Å². The van der Waals surface area contributed by atoms with Crippen molar-refractivity contribution in [3.05, 3.63) is 35.9 Å². The minimum absolute atomic E-state index is 0.0197. The topological polar surface area (TPSA) is 81.7 Å². The number of carbonyl (C=O) groups excluding carboxylic acids is 3. The highest BCUT2D eigenvalue weighted by Gasteiger charge is 2.55. The van der Waals surface area contributed by atoms with Crippen LogP contribution < -0.4 is 5.32 Å². The molecule has 0 aliphatic heterocycles. The van der Waals surface area contributed by atoms with Crippen LogP contribution in [0.2, 0.25) is 0 Å². The molecular weight excluding hydrogens is 346 g/mol. The first-order valence-corrected chi connectivity index (χ1v) is 9.29. The molecule has 6 heteroatoms. The van der Waals surface area contributed by atoms with Crippen molar-refractivity contribution in [3.63, 3.8) is 0 Å². The molecule has 27 heavy (non-hydrogen) atoms. The molecule has 1 unspecified atom stereocenters. The fraction of sp³-hybridized carbons (Fsp3) is 0.571. The van der Waals surface area contributed by atoms with E-state index in [1.165, 1.54) is 20.8 Å². The summed E-state index contributed by atoms with van der Waals surface area (Å²) >= 11 is 0. The second-order valence-electron chi connectivity index (χ2n) is 7.57. The van der Waals surface area contributed by atoms with Gasteiger partial charge in [-0.3, -0.25) is 14.4 Å². The van der Waals surface area contributed by atoms with Gasteiger partial charge in [-0.25, -0.2) is 0 Å². The Hall–Kier alpha value is -2.37. The molecule has 1 aliphatic carbocycles. The molecule has 0 aromatic heterocycles. The highest BCUT2D eigenvalue weighted by Crippen LogP contribution is 2.52. The number of hydrogen-bond acceptors (Lipinski definition) is 5. The maximum absolute atomic E-state index is 12.0. The van der Waals surface area contributed by atoms with E-state index in [1.54, 1.807) is 0 Å². The first kappa shape index (κ1) is 20.9. The van der Waals surface area contributed by atoms with Crippen LogP contribution >= 0.6 is 0 Å². The summed E-state index contributed by atoms with van der Waals surface area (Å²) in [7, 11) is 0. The molecule has 1 aliphatic rings. The molecule has 0 saturated heterocycles. The summed E-state index contributed by atoms with van der Waals surface area (Å²) in [6.07, 6.45) is 0.334. The van der Waals surface area contributed by atoms with Crippen LogP contribution in [0.3, 0.4) is 0 Å². The number of ether oxygens (including phenoxy) is 2. The van der Waals surface area contributed by atoms with Crippen molar-refractivity contribution < 1.29 is 23.9 Å². The predicted octanol–water partition coefficient (Wildman–Crippen LogP) is 2.82. The van der Waals surface area contributed by atoms with Gasteiger partial charge in [0.2, 0.25) is 5.91 Å². The molecule has 148 valence electrons. The van der Waals surface area contributed by atoms with Crippen LogP contribution in [0.15, 0.2) is 30.3 Å². The number of hydrogen-bond donors (Lipinski definition) is 1. The first-order valence-electron chi connectivity index (χ1n) is 9.29. The Morgan fingerprint density at radius 3 is 2.30 bits per heavy atom. The van der Waals surface area contributed by atoms with E-state index >= 15 is 0 Å². The molecular formula is C21H29NO5. The number of amides is 1. The Morgan fingerprint density at radius 2 is 1.78 bits per heavy atom. The Bertz CT molecular complexity index is 689. The van der Waals surface area contributed by atoms with E-state index in [-0.39, 0.29) is 48.3 Å². The lowest BCUT2D eigenvalue weighted by Gasteiger charge is -2.39. The normalized spacial score (nSPS) is 28.3. The number of rotatable bonds is 6. The highest BCUT2D eigenvalue weighted by atomic mass is 16.5. The molecule has 0 spiro atoms. The van der Waals surface area contributed by atoms with E-state index in [2.05, 4.69) is 5.32 Å². The summed E-state index contributed by atoms with van der Waals surface area (Å²) in [6.45, 7) is 8.33. The van der Waals surface area contributed by atoms with Gasteiger partial charge in [0.15, 0.2) is 0 Å². The monoisotopic (exact) mass is 375 g/mol. The van der Waals surface area contributed by atoms with Gasteiger partial charge in [0.05, 0.1) is 12.1 Å². The van der Waals surface area contributed by atoms with E-state index in [9.17, 15) is 14.4 Å². The van der Waals surface area contributed by atoms with E-state index in [4.69, 9.17) is 9.47 Å². The summed E-state index contributed by atoms with van der Waals surface area (Å²) in [6, 6.07) is 9.89. The molecule has 1 aromatic carbocycles. The van der Waals surface area contributed by atoms with Crippen LogP contribution in [0.25, 0.3) is 0 Å². The van der Waals surface area contributed by atoms with Crippen LogP contribution in [-0.4, -0.2) is 36.1 Å². The third-order valence-electron chi connectivity index (χ3n) is 5.53. The third kappa shape index (κ3) is 4.87. The molecule has 6 nitrogen and oxygen atoms in total. The lowest BCUT2D eigenvalue weighted by Crippen LogP contribution is -2.53. The minimum Gasteiger partial charge on any atom is -0.465 e. The Balaban J connectivity index is 2.47. The summed E-state index contributed by atoms with van der Waals surface area (Å²) in [5.74, 6) is -1.04. The third-order valence-corrected chi connectivity index (χ3v) is 5.53. The van der Waals surface area contributed by atoms with Gasteiger partial charge in [-0.2, -0.15) is 0 Å². The van der Waals surface area contributed by atoms with E-state index in [0.29, 0.717) is 6.42 Å². The van der Waals surface area contributed by atoms with Crippen LogP contribution in [0.5, 0.6) is 0 Å². The van der Waals surface area contributed by atoms with Gasteiger partial charge in [-0.1, -0.05) is 30.3 Å². The van der Waals surface area contributed by atoms with Gasteiger partial charge in [0, 0.05) is 38.5 Å². The molecule has 0 bridgehead atoms. The number of carbonyl (C=O) groups is 3. The molecule has 1 N–H and O–H groups in total. The van der Waals surface area contributed by atoms with Crippen molar-refractivity contribution in [2.75, 3.05) is 6.61 Å². The molecule has 1 saturated carbocycles. The summed E-state index contributed by atoms with van der Waals surface area (Å²) in [4.78, 5) is 34.9. The summed E-state index contributed by atoms with van der Waals surface area (Å²) in [5, 5.41) is 3.11. The molecule has 1 amide bonds. The van der Waals surface area contributed by atoms with Crippen molar-refractivity contribution >= 4 is 17.8 Å². The standard InChI is InChI=1S/C21H29NO5/c1-13(27-16(4)25)19-11-18(12-26-15(3)24)21(5,22-14(2)23)20(19)17-9-7-6-8-10-17/h6-10,13,18-20H,11-12H2,1-5H3,(H,22,23)/t13?,18-,19+,20-,21+/m0/s1. The number of esters is 2. The van der Waals surface area contributed by atoms with Crippen LogP contribution in [-0.2, 0) is 23.9 Å². The average molecular weight is 375 g/mol. The molecule has 0 radical (unpaired) electrons. The lowest BCUT2D eigenvalue weighted by molar-refractivity contribution is -0.148. The van der Waals surface area contributed by atoms with Gasteiger partial charge in [-0.15, -0.1) is 0 Å². The van der Waals surface area contributed by atoms with Crippen molar-refractivity contribution in [3.8, 4) is 0 Å². The highest BCUT2D eigenvalue weighted by molar-refractivity contribution is 5.74. The molecule has 2 rings (SSSR count). The fourth-order valence-electron chi connectivity index (χ4n) is 4.49. The van der Waals surface area contributed by atoms with Crippen molar-refractivity contribution in [2.45, 2.75) is 58.6 Å². The second-order valence-corrected chi connectivity index (χ2v) is 7.57. The molecule has 5 atom stereocenters. The average Bonchev–Trinajstić information content (AvgIpc) is 2.84. The summed E-state index contributed by atoms with van der Waals surface area (Å²) in [5.41, 5.74) is 0.421. The Labute approximate surface area is 160 Å². The van der Waals surface area contributed by atoms with Crippen LogP contribution in [0.1, 0.15) is 52.5 Å². The van der Waals surface area contributed by atoms with Gasteiger partial charge < -0.3 is 14.8 Å². The van der Waals surface area contributed by atoms with Crippen LogP contribution in [0, 0.1) is 11.8 Å². The molecule has 1 aromatic rings. The van der Waals surface area contributed by atoms with Crippen molar-refractivity contribution in [2.24, 2.45) is 11.8 Å². The Morgan fingerprint density at radius 1 is 1.15 bits per heavy atom. The maximum Gasteiger partial charge on any atom is 0.302 e. The van der Waals surface area contributed by atoms with E-state index in [1.807, 2.05) is 44.2 Å².